The first kappa shape index (κ1) is 38.9. The molecule has 0 unspecified atom stereocenters. The molecule has 2 aliphatic carbocycles. The van der Waals surface area contributed by atoms with Crippen LogP contribution in [0.1, 0.15) is 44.5 Å². The Morgan fingerprint density at radius 1 is 0.239 bits per heavy atom. The summed E-state index contributed by atoms with van der Waals surface area (Å²) in [5.41, 5.74) is 19.9. The van der Waals surface area contributed by atoms with Gasteiger partial charge in [0, 0.05) is 17.1 Å². The standard InChI is InChI=1S/C66H45N/c1-4-19-46(20-5-1)47-35-39-52(40-36-47)67(53-41-37-49(38-42-53)56-29-18-22-48-21-10-11-27-55(48)56)54-43-44-60-58(45-54)57-28-12-13-30-59(57)66(60)63-33-16-14-31-61(63)65(50-23-6-2-7-24-50,51-25-8-3-9-26-51)62-32-15-17-34-64(62)66/h1-45H. The van der Waals surface area contributed by atoms with Gasteiger partial charge in [0.05, 0.1) is 10.8 Å². The van der Waals surface area contributed by atoms with Crippen LogP contribution in [-0.2, 0) is 10.8 Å². The maximum absolute atomic E-state index is 2.45. The fourth-order valence-electron chi connectivity index (χ4n) is 11.9. The van der Waals surface area contributed by atoms with Crippen LogP contribution < -0.4 is 4.90 Å². The molecule has 11 aromatic carbocycles. The molecule has 1 spiro atoms. The molecule has 0 amide bonds. The zero-order valence-corrected chi connectivity index (χ0v) is 36.9. The number of rotatable bonds is 7. The van der Waals surface area contributed by atoms with Crippen LogP contribution in [0.4, 0.5) is 17.1 Å². The third-order valence-electron chi connectivity index (χ3n) is 14.6. The molecule has 11 aromatic rings. The predicted octanol–water partition coefficient (Wildman–Crippen LogP) is 16.7. The Balaban J connectivity index is 1.03. The molecule has 1 heteroatoms. The summed E-state index contributed by atoms with van der Waals surface area (Å²) >= 11 is 0. The first-order chi connectivity index (χ1) is 33.2. The molecule has 0 fully saturated rings. The summed E-state index contributed by atoms with van der Waals surface area (Å²) in [7, 11) is 0. The lowest BCUT2D eigenvalue weighted by atomic mass is 9.51. The van der Waals surface area contributed by atoms with Crippen molar-refractivity contribution in [2.75, 3.05) is 4.90 Å². The average Bonchev–Trinajstić information content (AvgIpc) is 3.70. The fourth-order valence-corrected chi connectivity index (χ4v) is 11.9. The smallest absolute Gasteiger partial charge is 0.0720 e. The van der Waals surface area contributed by atoms with Crippen LogP contribution in [0, 0.1) is 0 Å². The first-order valence-electron chi connectivity index (χ1n) is 23.3. The molecule has 0 heterocycles. The first-order valence-corrected chi connectivity index (χ1v) is 23.3. The van der Waals surface area contributed by atoms with Crippen LogP contribution in [0.3, 0.4) is 0 Å². The number of fused-ring (bicyclic) bond motifs is 10. The second-order valence-corrected chi connectivity index (χ2v) is 17.9. The molecule has 0 saturated carbocycles. The monoisotopic (exact) mass is 851 g/mol. The highest BCUT2D eigenvalue weighted by molar-refractivity contribution is 5.97. The SMILES string of the molecule is c1ccc(-c2ccc(N(c3ccc(-c4cccc5ccccc45)cc3)c3ccc4c(c3)-c3ccccc3C43c4ccccc4C(c4ccccc4)(c4ccccc4)c4ccccc43)cc2)cc1. The van der Waals surface area contributed by atoms with Gasteiger partial charge in [-0.25, -0.2) is 0 Å². The number of hydrogen-bond donors (Lipinski definition) is 0. The topological polar surface area (TPSA) is 3.24 Å². The number of nitrogens with zero attached hydrogens (tertiary/aromatic N) is 1. The van der Waals surface area contributed by atoms with Crippen molar-refractivity contribution in [3.63, 3.8) is 0 Å². The Morgan fingerprint density at radius 2 is 0.657 bits per heavy atom. The highest BCUT2D eigenvalue weighted by Gasteiger charge is 2.56. The Hall–Kier alpha value is -8.52. The summed E-state index contributed by atoms with van der Waals surface area (Å²) in [6, 6.07) is 101. The summed E-state index contributed by atoms with van der Waals surface area (Å²) in [6.07, 6.45) is 0. The van der Waals surface area contributed by atoms with E-state index in [1.807, 2.05) is 0 Å². The van der Waals surface area contributed by atoms with E-state index in [1.54, 1.807) is 0 Å². The van der Waals surface area contributed by atoms with Gasteiger partial charge in [0.25, 0.3) is 0 Å². The Morgan fingerprint density at radius 3 is 1.27 bits per heavy atom. The van der Waals surface area contributed by atoms with E-state index in [9.17, 15) is 0 Å². The van der Waals surface area contributed by atoms with E-state index in [0.717, 1.165) is 17.1 Å². The molecule has 0 N–H and O–H groups in total. The molecule has 1 nitrogen and oxygen atoms in total. The van der Waals surface area contributed by atoms with Gasteiger partial charge in [-0.2, -0.15) is 0 Å². The van der Waals surface area contributed by atoms with Crippen molar-refractivity contribution >= 4 is 27.8 Å². The molecule has 0 bridgehead atoms. The molecular weight excluding hydrogens is 807 g/mol. The van der Waals surface area contributed by atoms with Crippen molar-refractivity contribution in [2.24, 2.45) is 0 Å². The maximum atomic E-state index is 2.45. The molecular formula is C66H45N. The quantitative estimate of drug-likeness (QED) is 0.154. The molecule has 0 saturated heterocycles. The van der Waals surface area contributed by atoms with Gasteiger partial charge in [-0.05, 0) is 125 Å². The van der Waals surface area contributed by atoms with E-state index in [1.165, 1.54) is 88.7 Å². The van der Waals surface area contributed by atoms with E-state index in [-0.39, 0.29) is 0 Å². The number of benzene rings is 11. The van der Waals surface area contributed by atoms with Crippen molar-refractivity contribution < 1.29 is 0 Å². The van der Waals surface area contributed by atoms with Gasteiger partial charge >= 0.3 is 0 Å². The molecule has 0 aliphatic heterocycles. The van der Waals surface area contributed by atoms with E-state index < -0.39 is 10.8 Å². The highest BCUT2D eigenvalue weighted by atomic mass is 15.1. The van der Waals surface area contributed by atoms with E-state index in [4.69, 9.17) is 0 Å². The van der Waals surface area contributed by atoms with E-state index in [2.05, 4.69) is 278 Å². The van der Waals surface area contributed by atoms with Gasteiger partial charge < -0.3 is 4.90 Å². The second-order valence-electron chi connectivity index (χ2n) is 17.9. The van der Waals surface area contributed by atoms with Gasteiger partial charge in [-0.3, -0.25) is 0 Å². The summed E-state index contributed by atoms with van der Waals surface area (Å²) in [4.78, 5) is 2.42. The molecule has 0 aromatic heterocycles. The van der Waals surface area contributed by atoms with Crippen LogP contribution in [0.2, 0.25) is 0 Å². The van der Waals surface area contributed by atoms with Crippen molar-refractivity contribution in [1.82, 2.24) is 0 Å². The molecule has 0 atom stereocenters. The van der Waals surface area contributed by atoms with Crippen molar-refractivity contribution in [1.29, 1.82) is 0 Å². The average molecular weight is 852 g/mol. The summed E-state index contributed by atoms with van der Waals surface area (Å²) in [5.74, 6) is 0. The van der Waals surface area contributed by atoms with Crippen LogP contribution in [0.25, 0.3) is 44.2 Å². The van der Waals surface area contributed by atoms with Gasteiger partial charge in [0.2, 0.25) is 0 Å². The minimum Gasteiger partial charge on any atom is -0.310 e. The zero-order chi connectivity index (χ0) is 44.4. The van der Waals surface area contributed by atoms with Crippen LogP contribution in [0.5, 0.6) is 0 Å². The second kappa shape index (κ2) is 15.6. The van der Waals surface area contributed by atoms with Crippen molar-refractivity contribution in [2.45, 2.75) is 10.8 Å². The van der Waals surface area contributed by atoms with Gasteiger partial charge in [-0.1, -0.05) is 237 Å². The normalized spacial score (nSPS) is 13.6. The minimum atomic E-state index is -0.563. The van der Waals surface area contributed by atoms with Crippen molar-refractivity contribution in [3.8, 4) is 33.4 Å². The molecule has 314 valence electrons. The third kappa shape index (κ3) is 5.81. The molecule has 2 aliphatic rings. The van der Waals surface area contributed by atoms with Crippen molar-refractivity contribution in [3.05, 3.63) is 317 Å². The summed E-state index contributed by atoms with van der Waals surface area (Å²) < 4.78 is 0. The summed E-state index contributed by atoms with van der Waals surface area (Å²) in [6.45, 7) is 0. The largest absolute Gasteiger partial charge is 0.310 e. The lowest BCUT2D eigenvalue weighted by Gasteiger charge is -2.50. The lowest BCUT2D eigenvalue weighted by molar-refractivity contribution is 0.623. The number of anilines is 3. The fraction of sp³-hybridized carbons (Fsp3) is 0.0303. The van der Waals surface area contributed by atoms with Crippen LogP contribution >= 0.6 is 0 Å². The summed E-state index contributed by atoms with van der Waals surface area (Å²) in [5, 5.41) is 2.50. The molecule has 0 radical (unpaired) electrons. The Kier molecular flexibility index (Phi) is 9.05. The Labute approximate surface area is 392 Å². The Bertz CT molecular complexity index is 3520. The van der Waals surface area contributed by atoms with Gasteiger partial charge in [0.1, 0.15) is 0 Å². The van der Waals surface area contributed by atoms with E-state index in [0.29, 0.717) is 0 Å². The maximum Gasteiger partial charge on any atom is 0.0720 e. The van der Waals surface area contributed by atoms with Crippen LogP contribution in [0.15, 0.2) is 273 Å². The molecule has 67 heavy (non-hydrogen) atoms. The third-order valence-corrected chi connectivity index (χ3v) is 14.6. The minimum absolute atomic E-state index is 0.542. The predicted molar refractivity (Wildman–Crippen MR) is 279 cm³/mol. The van der Waals surface area contributed by atoms with Gasteiger partial charge in [0.15, 0.2) is 0 Å². The number of hydrogen-bond acceptors (Lipinski definition) is 1. The lowest BCUT2D eigenvalue weighted by Crippen LogP contribution is -2.44. The zero-order valence-electron chi connectivity index (χ0n) is 36.9. The molecule has 13 rings (SSSR count). The van der Waals surface area contributed by atoms with Gasteiger partial charge in [-0.15, -0.1) is 0 Å². The van der Waals surface area contributed by atoms with E-state index >= 15 is 0 Å². The highest BCUT2D eigenvalue weighted by Crippen LogP contribution is 2.65. The van der Waals surface area contributed by atoms with Crippen LogP contribution in [-0.4, -0.2) is 0 Å².